The second-order valence-corrected chi connectivity index (χ2v) is 6.63. The Morgan fingerprint density at radius 3 is 2.90 bits per heavy atom. The lowest BCUT2D eigenvalue weighted by molar-refractivity contribution is -0.118. The van der Waals surface area contributed by atoms with Gasteiger partial charge in [-0.15, -0.1) is 0 Å². The Kier molecular flexibility index (Phi) is 4.59. The molecule has 0 saturated heterocycles. The lowest BCUT2D eigenvalue weighted by Crippen LogP contribution is -2.23. The van der Waals surface area contributed by atoms with Gasteiger partial charge in [-0.1, -0.05) is 12.1 Å². The molecule has 1 aromatic carbocycles. The first-order chi connectivity index (χ1) is 13.9. The van der Waals surface area contributed by atoms with E-state index in [9.17, 15) is 9.59 Å². The Labute approximate surface area is 165 Å². The fourth-order valence-corrected chi connectivity index (χ4v) is 2.90. The van der Waals surface area contributed by atoms with E-state index < -0.39 is 0 Å². The second-order valence-electron chi connectivity index (χ2n) is 6.63. The zero-order valence-corrected chi connectivity index (χ0v) is 16.1. The summed E-state index contributed by atoms with van der Waals surface area (Å²) in [5, 5.41) is 11.5. The molecule has 0 spiro atoms. The van der Waals surface area contributed by atoms with Gasteiger partial charge in [0.2, 0.25) is 5.95 Å². The van der Waals surface area contributed by atoms with Crippen LogP contribution in [0.5, 0.6) is 5.75 Å². The Morgan fingerprint density at radius 2 is 2.10 bits per heavy atom. The van der Waals surface area contributed by atoms with Crippen LogP contribution in [0.4, 0.5) is 5.82 Å². The number of carbonyl (C=O) groups excluding carboxylic acids is 1. The van der Waals surface area contributed by atoms with Crippen LogP contribution in [0.25, 0.3) is 17.0 Å². The van der Waals surface area contributed by atoms with Crippen molar-refractivity contribution in [2.75, 3.05) is 11.9 Å². The van der Waals surface area contributed by atoms with E-state index in [0.717, 1.165) is 5.56 Å². The molecule has 0 aliphatic rings. The molecule has 148 valence electrons. The van der Waals surface area contributed by atoms with Crippen molar-refractivity contribution in [3.63, 3.8) is 0 Å². The van der Waals surface area contributed by atoms with Gasteiger partial charge in [0.05, 0.1) is 11.9 Å². The fourth-order valence-electron chi connectivity index (χ4n) is 2.90. The molecule has 10 nitrogen and oxygen atoms in total. The molecule has 29 heavy (non-hydrogen) atoms. The highest BCUT2D eigenvalue weighted by Gasteiger charge is 2.16. The number of carbonyl (C=O) groups is 1. The summed E-state index contributed by atoms with van der Waals surface area (Å²) in [5.74, 6) is 0.785. The number of H-pyrrole nitrogens is 1. The maximum Gasteiger partial charge on any atom is 0.263 e. The Bertz CT molecular complexity index is 1270. The van der Waals surface area contributed by atoms with E-state index >= 15 is 0 Å². The number of benzene rings is 1. The van der Waals surface area contributed by atoms with Crippen molar-refractivity contribution >= 4 is 22.8 Å². The quantitative estimate of drug-likeness (QED) is 0.530. The molecule has 0 aliphatic heterocycles. The minimum Gasteiger partial charge on any atom is -0.484 e. The third-order valence-corrected chi connectivity index (χ3v) is 4.25. The number of anilines is 1. The topological polar surface area (TPSA) is 120 Å². The molecule has 1 amide bonds. The van der Waals surface area contributed by atoms with Gasteiger partial charge in [0.1, 0.15) is 17.0 Å². The maximum atomic E-state index is 12.4. The maximum absolute atomic E-state index is 12.4. The monoisotopic (exact) mass is 393 g/mol. The van der Waals surface area contributed by atoms with Crippen molar-refractivity contribution in [1.29, 1.82) is 0 Å². The molecule has 10 heteroatoms. The number of aromatic nitrogens is 6. The van der Waals surface area contributed by atoms with E-state index in [-0.39, 0.29) is 24.0 Å². The first-order valence-electron chi connectivity index (χ1n) is 8.89. The summed E-state index contributed by atoms with van der Waals surface area (Å²) in [4.78, 5) is 31.8. The van der Waals surface area contributed by atoms with Crippen molar-refractivity contribution in [2.45, 2.75) is 13.8 Å². The highest BCUT2D eigenvalue weighted by molar-refractivity contribution is 5.91. The van der Waals surface area contributed by atoms with E-state index in [2.05, 4.69) is 25.5 Å². The largest absolute Gasteiger partial charge is 0.484 e. The number of aryl methyl sites for hydroxylation is 3. The molecule has 0 fully saturated rings. The van der Waals surface area contributed by atoms with Crippen LogP contribution < -0.4 is 15.6 Å². The summed E-state index contributed by atoms with van der Waals surface area (Å²) in [5.41, 5.74) is 1.76. The van der Waals surface area contributed by atoms with Crippen LogP contribution in [0, 0.1) is 13.8 Å². The van der Waals surface area contributed by atoms with Gasteiger partial charge < -0.3 is 10.1 Å². The number of hydrogen-bond donors (Lipinski definition) is 2. The van der Waals surface area contributed by atoms with Gasteiger partial charge >= 0.3 is 0 Å². The van der Waals surface area contributed by atoms with Gasteiger partial charge in [-0.3, -0.25) is 19.3 Å². The molecule has 0 radical (unpaired) electrons. The van der Waals surface area contributed by atoms with Gasteiger partial charge in [0, 0.05) is 13.1 Å². The molecule has 3 heterocycles. The van der Waals surface area contributed by atoms with E-state index in [1.165, 1.54) is 15.6 Å². The van der Waals surface area contributed by atoms with Gasteiger partial charge in [0.15, 0.2) is 12.3 Å². The number of nitrogens with zero attached hydrogens (tertiary/aromatic N) is 5. The van der Waals surface area contributed by atoms with E-state index in [1.54, 1.807) is 26.1 Å². The number of nitrogens with one attached hydrogen (secondary N) is 2. The summed E-state index contributed by atoms with van der Waals surface area (Å²) in [6.45, 7) is 3.55. The smallest absolute Gasteiger partial charge is 0.263 e. The Hall–Kier alpha value is -3.95. The number of aromatic amines is 1. The molecule has 2 N–H and O–H groups in total. The van der Waals surface area contributed by atoms with Crippen molar-refractivity contribution in [2.24, 2.45) is 7.05 Å². The number of hydrogen-bond acceptors (Lipinski definition) is 6. The van der Waals surface area contributed by atoms with Crippen LogP contribution in [0.15, 0.2) is 41.3 Å². The molecule has 0 bridgehead atoms. The van der Waals surface area contributed by atoms with Crippen molar-refractivity contribution < 1.29 is 9.53 Å². The van der Waals surface area contributed by atoms with Crippen LogP contribution in [-0.2, 0) is 11.8 Å². The van der Waals surface area contributed by atoms with Gasteiger partial charge in [0.25, 0.3) is 11.5 Å². The van der Waals surface area contributed by atoms with Crippen molar-refractivity contribution in [3.8, 4) is 11.7 Å². The molecular formula is C19H19N7O3. The summed E-state index contributed by atoms with van der Waals surface area (Å²) >= 11 is 0. The third kappa shape index (κ3) is 3.72. The normalized spacial score (nSPS) is 11.0. The zero-order valence-electron chi connectivity index (χ0n) is 16.1. The van der Waals surface area contributed by atoms with Crippen LogP contribution in [-0.4, -0.2) is 42.0 Å². The van der Waals surface area contributed by atoms with Crippen molar-refractivity contribution in [3.05, 3.63) is 58.1 Å². The summed E-state index contributed by atoms with van der Waals surface area (Å²) in [6, 6.07) is 9.11. The zero-order chi connectivity index (χ0) is 20.5. The van der Waals surface area contributed by atoms with E-state index in [4.69, 9.17) is 4.74 Å². The molecule has 0 atom stereocenters. The highest BCUT2D eigenvalue weighted by Crippen LogP contribution is 2.16. The standard InChI is InChI=1S/C19H19N7O3/c1-11-5-4-6-13(7-11)29-10-16(27)21-15-8-12(2)24-26(15)19-22-17-14(18(28)23-19)9-20-25(17)3/h4-9H,10H2,1-3H3,(H,21,27)(H,22,23,28). The summed E-state index contributed by atoms with van der Waals surface area (Å²) in [6.07, 6.45) is 1.45. The number of ether oxygens (including phenoxy) is 1. The van der Waals surface area contributed by atoms with Gasteiger partial charge in [-0.05, 0) is 31.5 Å². The van der Waals surface area contributed by atoms with Gasteiger partial charge in [-0.2, -0.15) is 19.9 Å². The predicted molar refractivity (Wildman–Crippen MR) is 106 cm³/mol. The lowest BCUT2D eigenvalue weighted by Gasteiger charge is -2.09. The molecule has 0 unspecified atom stereocenters. The molecule has 0 saturated carbocycles. The average Bonchev–Trinajstić information content (AvgIpc) is 3.23. The van der Waals surface area contributed by atoms with Crippen LogP contribution in [0.2, 0.25) is 0 Å². The number of rotatable bonds is 5. The third-order valence-electron chi connectivity index (χ3n) is 4.25. The molecule has 3 aromatic heterocycles. The highest BCUT2D eigenvalue weighted by atomic mass is 16.5. The number of amides is 1. The van der Waals surface area contributed by atoms with Crippen molar-refractivity contribution in [1.82, 2.24) is 29.5 Å². The SMILES string of the molecule is Cc1cccc(OCC(=O)Nc2cc(C)nn2-c2nc3c(cnn3C)c(=O)[nH]2)c1. The Morgan fingerprint density at radius 1 is 1.28 bits per heavy atom. The van der Waals surface area contributed by atoms with Crippen LogP contribution >= 0.6 is 0 Å². The summed E-state index contributed by atoms with van der Waals surface area (Å²) in [7, 11) is 1.69. The summed E-state index contributed by atoms with van der Waals surface area (Å²) < 4.78 is 8.40. The lowest BCUT2D eigenvalue weighted by atomic mass is 10.2. The fraction of sp³-hybridized carbons (Fsp3) is 0.211. The minimum absolute atomic E-state index is 0.168. The molecule has 4 aromatic rings. The molecule has 0 aliphatic carbocycles. The van der Waals surface area contributed by atoms with E-state index in [1.807, 2.05) is 25.1 Å². The number of fused-ring (bicyclic) bond motifs is 1. The minimum atomic E-state index is -0.364. The van der Waals surface area contributed by atoms with Crippen LogP contribution in [0.1, 0.15) is 11.3 Å². The average molecular weight is 393 g/mol. The Balaban J connectivity index is 1.58. The molecular weight excluding hydrogens is 374 g/mol. The van der Waals surface area contributed by atoms with E-state index in [0.29, 0.717) is 28.3 Å². The molecule has 4 rings (SSSR count). The van der Waals surface area contributed by atoms with Gasteiger partial charge in [-0.25, -0.2) is 0 Å². The first kappa shape index (κ1) is 18.4. The van der Waals surface area contributed by atoms with Crippen LogP contribution in [0.3, 0.4) is 0 Å². The second kappa shape index (κ2) is 7.23. The first-order valence-corrected chi connectivity index (χ1v) is 8.89. The predicted octanol–water partition coefficient (Wildman–Crippen LogP) is 1.48.